The summed E-state index contributed by atoms with van der Waals surface area (Å²) in [6.45, 7) is 3.67. The molecule has 1 aromatic carbocycles. The van der Waals surface area contributed by atoms with Crippen LogP contribution in [-0.2, 0) is 10.2 Å². The van der Waals surface area contributed by atoms with Crippen LogP contribution in [0.5, 0.6) is 11.5 Å². The van der Waals surface area contributed by atoms with Crippen LogP contribution in [0.4, 0.5) is 0 Å². The maximum atomic E-state index is 11.9. The third-order valence-electron chi connectivity index (χ3n) is 4.67. The monoisotopic (exact) mass is 278 g/mol. The minimum Gasteiger partial charge on any atom is -0.507 e. The van der Waals surface area contributed by atoms with Gasteiger partial charge in [-0.25, -0.2) is 0 Å². The van der Waals surface area contributed by atoms with E-state index in [0.717, 1.165) is 24.8 Å². The van der Waals surface area contributed by atoms with Crippen molar-refractivity contribution < 1.29 is 19.7 Å². The number of rotatable bonds is 3. The largest absolute Gasteiger partial charge is 0.507 e. The molecule has 0 unspecified atom stereocenters. The summed E-state index contributed by atoms with van der Waals surface area (Å²) >= 11 is 0. The van der Waals surface area contributed by atoms with Crippen molar-refractivity contribution in [2.24, 2.45) is 0 Å². The average Bonchev–Trinajstić information content (AvgIpc) is 2.46. The topological polar surface area (TPSA) is 66.8 Å². The molecule has 4 nitrogen and oxygen atoms in total. The molecule has 0 saturated heterocycles. The van der Waals surface area contributed by atoms with Gasteiger partial charge in [0.2, 0.25) is 0 Å². The van der Waals surface area contributed by atoms with Crippen LogP contribution in [0.3, 0.4) is 0 Å². The number of aromatic hydroxyl groups is 1. The molecule has 0 aromatic heterocycles. The number of hydrogen-bond donors (Lipinski definition) is 2. The quantitative estimate of drug-likeness (QED) is 0.890. The molecule has 0 radical (unpaired) electrons. The third kappa shape index (κ3) is 2.13. The van der Waals surface area contributed by atoms with Gasteiger partial charge in [-0.05, 0) is 43.9 Å². The lowest BCUT2D eigenvalue weighted by molar-refractivity contribution is -0.145. The second-order valence-electron chi connectivity index (χ2n) is 5.67. The van der Waals surface area contributed by atoms with Crippen molar-refractivity contribution in [1.29, 1.82) is 0 Å². The van der Waals surface area contributed by atoms with Crippen LogP contribution in [0.2, 0.25) is 0 Å². The van der Waals surface area contributed by atoms with E-state index in [1.54, 1.807) is 20.1 Å². The van der Waals surface area contributed by atoms with Crippen molar-refractivity contribution >= 4 is 5.97 Å². The fraction of sp³-hybridized carbons (Fsp3) is 0.562. The average molecular weight is 278 g/mol. The molecule has 2 N–H and O–H groups in total. The van der Waals surface area contributed by atoms with Gasteiger partial charge in [0.1, 0.15) is 11.5 Å². The molecule has 2 rings (SSSR count). The van der Waals surface area contributed by atoms with E-state index in [0.29, 0.717) is 29.7 Å². The van der Waals surface area contributed by atoms with Crippen LogP contribution in [0.25, 0.3) is 0 Å². The molecule has 1 fully saturated rings. The summed E-state index contributed by atoms with van der Waals surface area (Å²) in [5.41, 5.74) is 1.08. The first-order valence-corrected chi connectivity index (χ1v) is 7.05. The lowest BCUT2D eigenvalue weighted by Gasteiger charge is -2.35. The second-order valence-corrected chi connectivity index (χ2v) is 5.67. The Labute approximate surface area is 119 Å². The molecule has 110 valence electrons. The lowest BCUT2D eigenvalue weighted by atomic mass is 9.68. The van der Waals surface area contributed by atoms with E-state index in [2.05, 4.69) is 0 Å². The van der Waals surface area contributed by atoms with Gasteiger partial charge in [-0.3, -0.25) is 4.79 Å². The molecule has 1 aliphatic rings. The SMILES string of the molecule is COc1cc(C2(C(=O)O)CCCCC2)c(O)c(C)c1C. The zero-order chi connectivity index (χ0) is 14.9. The van der Waals surface area contributed by atoms with Crippen LogP contribution in [0, 0.1) is 13.8 Å². The van der Waals surface area contributed by atoms with Crippen molar-refractivity contribution in [3.63, 3.8) is 0 Å². The van der Waals surface area contributed by atoms with E-state index in [1.165, 1.54) is 0 Å². The van der Waals surface area contributed by atoms with Gasteiger partial charge in [-0.2, -0.15) is 0 Å². The standard InChI is InChI=1S/C16H22O4/c1-10-11(2)14(17)12(9-13(10)20-3)16(15(18)19)7-5-4-6-8-16/h9,17H,4-8H2,1-3H3,(H,18,19). The van der Waals surface area contributed by atoms with Crippen molar-refractivity contribution in [2.45, 2.75) is 51.4 Å². The van der Waals surface area contributed by atoms with E-state index in [-0.39, 0.29) is 5.75 Å². The van der Waals surface area contributed by atoms with E-state index in [9.17, 15) is 15.0 Å². The van der Waals surface area contributed by atoms with E-state index in [1.807, 2.05) is 6.92 Å². The lowest BCUT2D eigenvalue weighted by Crippen LogP contribution is -2.38. The molecule has 4 heteroatoms. The molecule has 1 aromatic rings. The second kappa shape index (κ2) is 5.35. The van der Waals surface area contributed by atoms with Crippen LogP contribution in [0.15, 0.2) is 6.07 Å². The summed E-state index contributed by atoms with van der Waals surface area (Å²) in [6, 6.07) is 1.71. The van der Waals surface area contributed by atoms with Crippen molar-refractivity contribution in [3.8, 4) is 11.5 Å². The van der Waals surface area contributed by atoms with E-state index < -0.39 is 11.4 Å². The zero-order valence-corrected chi connectivity index (χ0v) is 12.3. The Morgan fingerprint density at radius 3 is 2.30 bits per heavy atom. The van der Waals surface area contributed by atoms with Crippen LogP contribution in [-0.4, -0.2) is 23.3 Å². The number of phenols is 1. The minimum absolute atomic E-state index is 0.104. The maximum absolute atomic E-state index is 11.9. The van der Waals surface area contributed by atoms with Gasteiger partial charge in [-0.15, -0.1) is 0 Å². The minimum atomic E-state index is -0.978. The number of carbonyl (C=O) groups is 1. The molecule has 0 heterocycles. The predicted molar refractivity (Wildman–Crippen MR) is 76.5 cm³/mol. The first kappa shape index (κ1) is 14.7. The third-order valence-corrected chi connectivity index (χ3v) is 4.67. The fourth-order valence-electron chi connectivity index (χ4n) is 3.20. The summed E-state index contributed by atoms with van der Waals surface area (Å²) in [4.78, 5) is 11.9. The normalized spacial score (nSPS) is 17.8. The number of carboxylic acids is 1. The summed E-state index contributed by atoms with van der Waals surface area (Å²) < 4.78 is 5.33. The molecule has 0 atom stereocenters. The number of ether oxygens (including phenoxy) is 1. The van der Waals surface area contributed by atoms with Gasteiger partial charge in [-0.1, -0.05) is 19.3 Å². The Balaban J connectivity index is 2.65. The summed E-state index contributed by atoms with van der Waals surface area (Å²) in [7, 11) is 1.57. The molecule has 0 spiro atoms. The Morgan fingerprint density at radius 2 is 1.80 bits per heavy atom. The molecule has 1 saturated carbocycles. The van der Waals surface area contributed by atoms with Gasteiger partial charge in [0.25, 0.3) is 0 Å². The highest BCUT2D eigenvalue weighted by Gasteiger charge is 2.43. The molecule has 0 bridgehead atoms. The highest BCUT2D eigenvalue weighted by molar-refractivity contribution is 5.83. The first-order chi connectivity index (χ1) is 9.44. The predicted octanol–water partition coefficient (Wildman–Crippen LogP) is 3.30. The Morgan fingerprint density at radius 1 is 1.20 bits per heavy atom. The molecule has 0 aliphatic heterocycles. The number of hydrogen-bond acceptors (Lipinski definition) is 3. The molecule has 1 aliphatic carbocycles. The van der Waals surface area contributed by atoms with Crippen LogP contribution >= 0.6 is 0 Å². The fourth-order valence-corrected chi connectivity index (χ4v) is 3.20. The molecular formula is C16H22O4. The number of phenolic OH excluding ortho intramolecular Hbond substituents is 1. The number of benzene rings is 1. The zero-order valence-electron chi connectivity index (χ0n) is 12.3. The van der Waals surface area contributed by atoms with Crippen LogP contribution in [0.1, 0.15) is 48.8 Å². The maximum Gasteiger partial charge on any atom is 0.314 e. The van der Waals surface area contributed by atoms with Crippen molar-refractivity contribution in [2.75, 3.05) is 7.11 Å². The van der Waals surface area contributed by atoms with Gasteiger partial charge in [0, 0.05) is 5.56 Å². The molecule has 20 heavy (non-hydrogen) atoms. The Kier molecular flexibility index (Phi) is 3.93. The summed E-state index contributed by atoms with van der Waals surface area (Å²) in [6.07, 6.45) is 3.95. The van der Waals surface area contributed by atoms with E-state index in [4.69, 9.17) is 4.74 Å². The number of aliphatic carboxylic acids is 1. The van der Waals surface area contributed by atoms with Crippen molar-refractivity contribution in [1.82, 2.24) is 0 Å². The van der Waals surface area contributed by atoms with Crippen molar-refractivity contribution in [3.05, 3.63) is 22.8 Å². The van der Waals surface area contributed by atoms with Gasteiger partial charge in [0.15, 0.2) is 0 Å². The smallest absolute Gasteiger partial charge is 0.314 e. The van der Waals surface area contributed by atoms with Gasteiger partial charge >= 0.3 is 5.97 Å². The molecule has 0 amide bonds. The van der Waals surface area contributed by atoms with E-state index >= 15 is 0 Å². The van der Waals surface area contributed by atoms with Crippen LogP contribution < -0.4 is 4.74 Å². The van der Waals surface area contributed by atoms with Gasteiger partial charge < -0.3 is 14.9 Å². The number of carboxylic acid groups (broad SMARTS) is 1. The first-order valence-electron chi connectivity index (χ1n) is 7.05. The summed E-state index contributed by atoms with van der Waals surface area (Å²) in [5, 5.41) is 20.2. The highest BCUT2D eigenvalue weighted by Crippen LogP contribution is 2.46. The number of methoxy groups -OCH3 is 1. The molecular weight excluding hydrogens is 256 g/mol. The Hall–Kier alpha value is -1.71. The highest BCUT2D eigenvalue weighted by atomic mass is 16.5. The summed E-state index contributed by atoms with van der Waals surface area (Å²) in [5.74, 6) is -0.105. The van der Waals surface area contributed by atoms with Gasteiger partial charge in [0.05, 0.1) is 12.5 Å². The Bertz CT molecular complexity index is 528.